The maximum absolute atomic E-state index is 14.1. The SMILES string of the molecule is CC(O)(CN1CC(F)(F)c2ccccc21)Cn1cc([N+](=O)[O-])nc1Cl. The molecular weight excluding hydrogens is 358 g/mol. The van der Waals surface area contributed by atoms with Crippen LogP contribution >= 0.6 is 11.6 Å². The summed E-state index contributed by atoms with van der Waals surface area (Å²) in [7, 11) is 0. The molecule has 0 aliphatic carbocycles. The summed E-state index contributed by atoms with van der Waals surface area (Å²) < 4.78 is 29.4. The van der Waals surface area contributed by atoms with Gasteiger partial charge in [-0.15, -0.1) is 0 Å². The van der Waals surface area contributed by atoms with Gasteiger partial charge in [0.1, 0.15) is 6.20 Å². The lowest BCUT2D eigenvalue weighted by Gasteiger charge is -2.30. The molecular formula is C15H15ClF2N4O3. The number of anilines is 1. The molecule has 2 aromatic rings. The number of aliphatic hydroxyl groups is 1. The van der Waals surface area contributed by atoms with Crippen LogP contribution in [0, 0.1) is 10.1 Å². The average molecular weight is 373 g/mol. The summed E-state index contributed by atoms with van der Waals surface area (Å²) in [5.41, 5.74) is -1.19. The summed E-state index contributed by atoms with van der Waals surface area (Å²) in [6.45, 7) is 0.688. The first-order chi connectivity index (χ1) is 11.6. The van der Waals surface area contributed by atoms with Gasteiger partial charge < -0.3 is 20.1 Å². The van der Waals surface area contributed by atoms with Crippen LogP contribution < -0.4 is 4.90 Å². The van der Waals surface area contributed by atoms with Crippen LogP contribution in [0.15, 0.2) is 30.5 Å². The van der Waals surface area contributed by atoms with Crippen molar-refractivity contribution in [3.8, 4) is 0 Å². The Labute approximate surface area is 146 Å². The lowest BCUT2D eigenvalue weighted by atomic mass is 10.1. The van der Waals surface area contributed by atoms with Gasteiger partial charge in [0.05, 0.1) is 18.7 Å². The summed E-state index contributed by atoms with van der Waals surface area (Å²) in [6, 6.07) is 6.12. The predicted octanol–water partition coefficient (Wildman–Crippen LogP) is 2.81. The van der Waals surface area contributed by atoms with Crippen LogP contribution in [0.5, 0.6) is 0 Å². The highest BCUT2D eigenvalue weighted by molar-refractivity contribution is 6.28. The average Bonchev–Trinajstić information content (AvgIpc) is 2.98. The molecule has 1 unspecified atom stereocenters. The fourth-order valence-corrected chi connectivity index (χ4v) is 3.21. The highest BCUT2D eigenvalue weighted by Crippen LogP contribution is 2.43. The van der Waals surface area contributed by atoms with Gasteiger partial charge in [-0.2, -0.15) is 8.78 Å². The number of fused-ring (bicyclic) bond motifs is 1. The number of halogens is 3. The Hall–Kier alpha value is -2.26. The monoisotopic (exact) mass is 372 g/mol. The van der Waals surface area contributed by atoms with Crippen LogP contribution in [0.4, 0.5) is 20.3 Å². The molecule has 7 nitrogen and oxygen atoms in total. The molecule has 0 amide bonds. The fourth-order valence-electron chi connectivity index (χ4n) is 3.02. The number of β-amino-alcohol motifs (C(OH)–C–C–N with tert-alkyl or cyclic N) is 1. The molecule has 1 atom stereocenters. The van der Waals surface area contributed by atoms with Crippen LogP contribution in [0.2, 0.25) is 5.28 Å². The molecule has 10 heteroatoms. The number of nitrogens with zero attached hydrogens (tertiary/aromatic N) is 4. The van der Waals surface area contributed by atoms with Crippen molar-refractivity contribution in [1.29, 1.82) is 0 Å². The standard InChI is InChI=1S/C15H15ClF2N4O3/c1-14(23,7-20-6-12(22(24)25)19-13(20)16)8-21-9-15(17,18)10-4-2-3-5-11(10)21/h2-6,23H,7-9H2,1H3. The number of aromatic nitrogens is 2. The zero-order chi connectivity index (χ0) is 18.4. The van der Waals surface area contributed by atoms with Gasteiger partial charge in [-0.25, -0.2) is 0 Å². The van der Waals surface area contributed by atoms with Gasteiger partial charge in [0.25, 0.3) is 5.92 Å². The molecule has 0 radical (unpaired) electrons. The number of nitro groups is 1. The van der Waals surface area contributed by atoms with E-state index in [0.29, 0.717) is 5.69 Å². The third kappa shape index (κ3) is 3.42. The number of hydrogen-bond acceptors (Lipinski definition) is 5. The van der Waals surface area contributed by atoms with Crippen LogP contribution in [0.25, 0.3) is 0 Å². The number of hydrogen-bond donors (Lipinski definition) is 1. The molecule has 0 spiro atoms. The minimum Gasteiger partial charge on any atom is -0.386 e. The predicted molar refractivity (Wildman–Crippen MR) is 87.1 cm³/mol. The van der Waals surface area contributed by atoms with E-state index in [1.165, 1.54) is 22.5 Å². The van der Waals surface area contributed by atoms with Crippen molar-refractivity contribution in [2.75, 3.05) is 18.0 Å². The molecule has 1 aromatic heterocycles. The van der Waals surface area contributed by atoms with E-state index >= 15 is 0 Å². The molecule has 0 bridgehead atoms. The Kier molecular flexibility index (Phi) is 4.16. The van der Waals surface area contributed by atoms with Crippen molar-refractivity contribution < 1.29 is 18.8 Å². The number of para-hydroxylation sites is 1. The minimum absolute atomic E-state index is 0.0814. The minimum atomic E-state index is -3.00. The summed E-state index contributed by atoms with van der Waals surface area (Å²) >= 11 is 5.84. The molecule has 25 heavy (non-hydrogen) atoms. The van der Waals surface area contributed by atoms with Crippen LogP contribution in [-0.4, -0.2) is 38.3 Å². The second-order valence-corrected chi connectivity index (χ2v) is 6.67. The Morgan fingerprint density at radius 1 is 1.44 bits per heavy atom. The topological polar surface area (TPSA) is 84.4 Å². The molecule has 1 N–H and O–H groups in total. The van der Waals surface area contributed by atoms with Crippen LogP contribution in [-0.2, 0) is 12.5 Å². The largest absolute Gasteiger partial charge is 0.386 e. The van der Waals surface area contributed by atoms with Crippen molar-refractivity contribution in [2.45, 2.75) is 25.0 Å². The van der Waals surface area contributed by atoms with E-state index in [1.807, 2.05) is 0 Å². The molecule has 1 aliphatic heterocycles. The van der Waals surface area contributed by atoms with E-state index < -0.39 is 28.8 Å². The number of rotatable bonds is 5. The number of alkyl halides is 2. The molecule has 1 aliphatic rings. The molecule has 134 valence electrons. The lowest BCUT2D eigenvalue weighted by molar-refractivity contribution is -0.389. The third-order valence-electron chi connectivity index (χ3n) is 3.97. The van der Waals surface area contributed by atoms with Crippen molar-refractivity contribution in [2.24, 2.45) is 0 Å². The summed E-state index contributed by atoms with van der Waals surface area (Å²) in [6.07, 6.45) is 1.10. The van der Waals surface area contributed by atoms with Gasteiger partial charge in [-0.3, -0.25) is 4.57 Å². The van der Waals surface area contributed by atoms with Crippen molar-refractivity contribution in [3.63, 3.8) is 0 Å². The van der Waals surface area contributed by atoms with Gasteiger partial charge in [0.2, 0.25) is 0 Å². The van der Waals surface area contributed by atoms with Crippen molar-refractivity contribution in [3.05, 3.63) is 51.4 Å². The van der Waals surface area contributed by atoms with E-state index in [1.54, 1.807) is 18.2 Å². The second-order valence-electron chi connectivity index (χ2n) is 6.33. The number of imidazole rings is 1. The Morgan fingerprint density at radius 2 is 2.12 bits per heavy atom. The smallest absolute Gasteiger partial charge is 0.383 e. The first kappa shape index (κ1) is 17.6. The molecule has 3 rings (SSSR count). The molecule has 0 saturated heterocycles. The first-order valence-electron chi connectivity index (χ1n) is 7.41. The van der Waals surface area contributed by atoms with E-state index in [4.69, 9.17) is 11.6 Å². The summed E-state index contributed by atoms with van der Waals surface area (Å²) in [4.78, 5) is 15.0. The van der Waals surface area contributed by atoms with Crippen LogP contribution in [0.3, 0.4) is 0 Å². The van der Waals surface area contributed by atoms with Crippen LogP contribution in [0.1, 0.15) is 12.5 Å². The van der Waals surface area contributed by atoms with E-state index in [9.17, 15) is 24.0 Å². The normalized spacial score (nSPS) is 18.0. The van der Waals surface area contributed by atoms with Gasteiger partial charge >= 0.3 is 11.1 Å². The molecule has 1 aromatic carbocycles. The summed E-state index contributed by atoms with van der Waals surface area (Å²) in [5, 5.41) is 21.2. The Morgan fingerprint density at radius 3 is 2.76 bits per heavy atom. The Bertz CT molecular complexity index is 825. The van der Waals surface area contributed by atoms with Gasteiger partial charge in [0, 0.05) is 17.8 Å². The third-order valence-corrected chi connectivity index (χ3v) is 4.27. The maximum Gasteiger partial charge on any atom is 0.383 e. The van der Waals surface area contributed by atoms with Crippen molar-refractivity contribution in [1.82, 2.24) is 9.55 Å². The second kappa shape index (κ2) is 5.92. The van der Waals surface area contributed by atoms with Crippen molar-refractivity contribution >= 4 is 23.1 Å². The summed E-state index contributed by atoms with van der Waals surface area (Å²) in [5.74, 6) is -3.45. The van der Waals surface area contributed by atoms with E-state index in [2.05, 4.69) is 4.98 Å². The highest BCUT2D eigenvalue weighted by atomic mass is 35.5. The zero-order valence-corrected chi connectivity index (χ0v) is 14.0. The highest BCUT2D eigenvalue weighted by Gasteiger charge is 2.45. The van der Waals surface area contributed by atoms with E-state index in [0.717, 1.165) is 6.20 Å². The fraction of sp³-hybridized carbons (Fsp3) is 0.400. The quantitative estimate of drug-likeness (QED) is 0.644. The zero-order valence-electron chi connectivity index (χ0n) is 13.2. The molecule has 0 fully saturated rings. The first-order valence-corrected chi connectivity index (χ1v) is 7.79. The van der Waals surface area contributed by atoms with Gasteiger partial charge in [0.15, 0.2) is 0 Å². The van der Waals surface area contributed by atoms with Gasteiger partial charge in [-0.05, 0) is 34.5 Å². The number of benzene rings is 1. The Balaban J connectivity index is 1.80. The lowest BCUT2D eigenvalue weighted by Crippen LogP contribution is -2.44. The maximum atomic E-state index is 14.1. The molecule has 0 saturated carbocycles. The van der Waals surface area contributed by atoms with Gasteiger partial charge in [-0.1, -0.05) is 18.2 Å². The molecule has 2 heterocycles. The van der Waals surface area contributed by atoms with E-state index in [-0.39, 0.29) is 23.9 Å².